The Morgan fingerprint density at radius 1 is 0.725 bits per heavy atom. The van der Waals surface area contributed by atoms with Crippen LogP contribution in [0, 0.1) is 29.6 Å². The summed E-state index contributed by atoms with van der Waals surface area (Å²) in [6.07, 6.45) is 11.1. The Morgan fingerprint density at radius 2 is 1.40 bits per heavy atom. The van der Waals surface area contributed by atoms with Crippen LogP contribution in [-0.2, 0) is 6.42 Å². The predicted molar refractivity (Wildman–Crippen MR) is 171 cm³/mol. The van der Waals surface area contributed by atoms with Gasteiger partial charge in [-0.15, -0.1) is 0 Å². The molecule has 4 saturated carbocycles. The van der Waals surface area contributed by atoms with Gasteiger partial charge in [-0.1, -0.05) is 62.1 Å². The summed E-state index contributed by atoms with van der Waals surface area (Å²) < 4.78 is 2.40. The molecule has 202 valence electrons. The maximum absolute atomic E-state index is 5.14. The zero-order chi connectivity index (χ0) is 27.0. The molecule has 0 amide bonds. The summed E-state index contributed by atoms with van der Waals surface area (Å²) in [5.74, 6) is 4.87. The fraction of sp³-hybridized carbons (Fsp3) is 0.378. The molecule has 0 saturated heterocycles. The van der Waals surface area contributed by atoms with Crippen LogP contribution in [0.15, 0.2) is 85.1 Å². The Balaban J connectivity index is 1.23. The highest BCUT2D eigenvalue weighted by molar-refractivity contribution is 6.89. The fourth-order valence-electron chi connectivity index (χ4n) is 9.11. The SMILES string of the molecule is C[Si](C)(C)c1cnc(-c2ccc3c(c2)c2ccccc2n3-c2ccccc2)cc1CC1C2CC3CC(C2)CC1C3. The lowest BCUT2D eigenvalue weighted by Crippen LogP contribution is -2.47. The first-order chi connectivity index (χ1) is 19.4. The third-order valence-electron chi connectivity index (χ3n) is 10.7. The van der Waals surface area contributed by atoms with Crippen LogP contribution in [-0.4, -0.2) is 17.6 Å². The van der Waals surface area contributed by atoms with Crippen molar-refractivity contribution in [1.29, 1.82) is 0 Å². The highest BCUT2D eigenvalue weighted by atomic mass is 28.3. The summed E-state index contributed by atoms with van der Waals surface area (Å²) in [5.41, 5.74) is 7.69. The van der Waals surface area contributed by atoms with E-state index in [2.05, 4.69) is 109 Å². The third kappa shape index (κ3) is 4.00. The van der Waals surface area contributed by atoms with E-state index in [0.29, 0.717) is 0 Å². The van der Waals surface area contributed by atoms with Crippen LogP contribution in [0.25, 0.3) is 38.8 Å². The second-order valence-electron chi connectivity index (χ2n) is 14.2. The predicted octanol–water partition coefficient (Wildman–Crippen LogP) is 9.01. The normalized spacial score (nSPS) is 25.7. The van der Waals surface area contributed by atoms with E-state index in [-0.39, 0.29) is 0 Å². The molecule has 0 radical (unpaired) electrons. The Kier molecular flexibility index (Phi) is 5.64. The molecule has 2 heterocycles. The number of hydrogen-bond donors (Lipinski definition) is 0. The first kappa shape index (κ1) is 24.6. The minimum Gasteiger partial charge on any atom is -0.309 e. The van der Waals surface area contributed by atoms with Crippen molar-refractivity contribution in [2.75, 3.05) is 0 Å². The first-order valence-electron chi connectivity index (χ1n) is 15.5. The van der Waals surface area contributed by atoms with Gasteiger partial charge >= 0.3 is 0 Å². The van der Waals surface area contributed by atoms with Gasteiger partial charge in [0.15, 0.2) is 0 Å². The van der Waals surface area contributed by atoms with Crippen LogP contribution in [0.4, 0.5) is 0 Å². The van der Waals surface area contributed by atoms with Crippen LogP contribution in [0.2, 0.25) is 19.6 Å². The number of nitrogens with zero attached hydrogens (tertiary/aromatic N) is 2. The van der Waals surface area contributed by atoms with Gasteiger partial charge in [0.1, 0.15) is 0 Å². The van der Waals surface area contributed by atoms with E-state index in [9.17, 15) is 0 Å². The third-order valence-corrected chi connectivity index (χ3v) is 12.7. The number of pyridine rings is 1. The smallest absolute Gasteiger partial charge is 0.0799 e. The molecule has 3 aromatic carbocycles. The Labute approximate surface area is 239 Å². The molecule has 4 aliphatic carbocycles. The molecule has 2 aromatic heterocycles. The molecule has 2 nitrogen and oxygen atoms in total. The molecule has 0 N–H and O–H groups in total. The molecule has 0 spiro atoms. The van der Waals surface area contributed by atoms with E-state index in [0.717, 1.165) is 35.3 Å². The molecule has 0 atom stereocenters. The summed E-state index contributed by atoms with van der Waals surface area (Å²) in [6.45, 7) is 7.48. The number of benzene rings is 3. The summed E-state index contributed by atoms with van der Waals surface area (Å²) in [4.78, 5) is 5.14. The maximum Gasteiger partial charge on any atom is 0.0799 e. The zero-order valence-electron chi connectivity index (χ0n) is 24.1. The lowest BCUT2D eigenvalue weighted by Gasteiger charge is -2.54. The molecule has 40 heavy (non-hydrogen) atoms. The van der Waals surface area contributed by atoms with Gasteiger partial charge in [-0.3, -0.25) is 4.98 Å². The Bertz CT molecular complexity index is 1700. The number of rotatable bonds is 5. The van der Waals surface area contributed by atoms with Crippen LogP contribution in [0.3, 0.4) is 0 Å². The minimum atomic E-state index is -1.51. The van der Waals surface area contributed by atoms with Gasteiger partial charge in [-0.05, 0) is 115 Å². The van der Waals surface area contributed by atoms with Crippen molar-refractivity contribution >= 4 is 35.1 Å². The van der Waals surface area contributed by atoms with Gasteiger partial charge in [0.05, 0.1) is 24.8 Å². The largest absolute Gasteiger partial charge is 0.309 e. The van der Waals surface area contributed by atoms with Gasteiger partial charge in [-0.25, -0.2) is 0 Å². The van der Waals surface area contributed by atoms with E-state index in [4.69, 9.17) is 4.98 Å². The summed E-state index contributed by atoms with van der Waals surface area (Å²) in [5, 5.41) is 4.18. The van der Waals surface area contributed by atoms with Crippen molar-refractivity contribution in [3.63, 3.8) is 0 Å². The standard InChI is InChI=1S/C37H40N2Si/c1-40(2,3)37-23-38-34(22-29(37)21-32-27-16-24-15-25(18-27)19-28(32)17-24)26-13-14-36-33(20-26)31-11-7-8-12-35(31)39(36)30-9-5-4-6-10-30/h4-14,20,22-25,27-28,32H,15-19,21H2,1-3H3. The summed E-state index contributed by atoms with van der Waals surface area (Å²) in [7, 11) is -1.51. The number of fused-ring (bicyclic) bond motifs is 3. The van der Waals surface area contributed by atoms with Gasteiger partial charge < -0.3 is 4.57 Å². The number of hydrogen-bond acceptors (Lipinski definition) is 1. The van der Waals surface area contributed by atoms with Crippen molar-refractivity contribution in [2.45, 2.75) is 58.2 Å². The zero-order valence-corrected chi connectivity index (χ0v) is 25.1. The molecule has 4 aliphatic rings. The molecule has 9 rings (SSSR count). The van der Waals surface area contributed by atoms with E-state index >= 15 is 0 Å². The Morgan fingerprint density at radius 3 is 2.12 bits per heavy atom. The van der Waals surface area contributed by atoms with E-state index < -0.39 is 8.07 Å². The van der Waals surface area contributed by atoms with Crippen LogP contribution >= 0.6 is 0 Å². The first-order valence-corrected chi connectivity index (χ1v) is 19.0. The second-order valence-corrected chi connectivity index (χ2v) is 19.2. The van der Waals surface area contributed by atoms with Crippen LogP contribution in [0.1, 0.15) is 37.7 Å². The maximum atomic E-state index is 5.14. The van der Waals surface area contributed by atoms with Crippen molar-refractivity contribution in [3.8, 4) is 16.9 Å². The quantitative estimate of drug-likeness (QED) is 0.203. The Hall–Kier alpha value is -3.17. The van der Waals surface area contributed by atoms with Crippen molar-refractivity contribution in [1.82, 2.24) is 9.55 Å². The molecule has 4 fully saturated rings. The molecular weight excluding hydrogens is 501 g/mol. The molecule has 3 heteroatoms. The average molecular weight is 541 g/mol. The lowest BCUT2D eigenvalue weighted by atomic mass is 9.51. The van der Waals surface area contributed by atoms with Crippen molar-refractivity contribution in [2.24, 2.45) is 29.6 Å². The minimum absolute atomic E-state index is 0.879. The topological polar surface area (TPSA) is 17.8 Å². The van der Waals surface area contributed by atoms with Crippen molar-refractivity contribution in [3.05, 3.63) is 90.6 Å². The second kappa shape index (κ2) is 9.17. The number of para-hydroxylation sites is 2. The summed E-state index contributed by atoms with van der Waals surface area (Å²) in [6, 6.07) is 29.0. The lowest BCUT2D eigenvalue weighted by molar-refractivity contribution is -0.0359. The van der Waals surface area contributed by atoms with E-state index in [1.165, 1.54) is 71.6 Å². The van der Waals surface area contributed by atoms with E-state index in [1.54, 1.807) is 10.8 Å². The molecule has 0 aliphatic heterocycles. The molecule has 5 aromatic rings. The molecule has 4 bridgehead atoms. The monoisotopic (exact) mass is 540 g/mol. The highest BCUT2D eigenvalue weighted by Crippen LogP contribution is 2.57. The van der Waals surface area contributed by atoms with Gasteiger partial charge in [0, 0.05) is 28.2 Å². The number of aromatic nitrogens is 2. The van der Waals surface area contributed by atoms with Gasteiger partial charge in [0.2, 0.25) is 0 Å². The van der Waals surface area contributed by atoms with Crippen LogP contribution < -0.4 is 5.19 Å². The highest BCUT2D eigenvalue weighted by Gasteiger charge is 2.48. The fourth-order valence-corrected chi connectivity index (χ4v) is 10.7. The van der Waals surface area contributed by atoms with E-state index in [1.807, 2.05) is 0 Å². The molecule has 0 unspecified atom stereocenters. The molecular formula is C37H40N2Si. The summed E-state index contributed by atoms with van der Waals surface area (Å²) >= 11 is 0. The van der Waals surface area contributed by atoms with Crippen molar-refractivity contribution < 1.29 is 0 Å². The van der Waals surface area contributed by atoms with Gasteiger partial charge in [-0.2, -0.15) is 0 Å². The van der Waals surface area contributed by atoms with Gasteiger partial charge in [0.25, 0.3) is 0 Å². The average Bonchev–Trinajstić information content (AvgIpc) is 3.28. The van der Waals surface area contributed by atoms with Crippen LogP contribution in [0.5, 0.6) is 0 Å².